The van der Waals surface area contributed by atoms with Crippen LogP contribution in [0.15, 0.2) is 91.0 Å². The van der Waals surface area contributed by atoms with E-state index in [4.69, 9.17) is 0 Å². The van der Waals surface area contributed by atoms with Crippen LogP contribution < -0.4 is 15.6 Å². The van der Waals surface area contributed by atoms with Crippen LogP contribution in [0.4, 0.5) is 4.79 Å². The number of imide groups is 1. The van der Waals surface area contributed by atoms with Gasteiger partial charge in [0.05, 0.1) is 0 Å². The third-order valence-electron chi connectivity index (χ3n) is 5.05. The number of benzene rings is 3. The van der Waals surface area contributed by atoms with Gasteiger partial charge < -0.3 is 4.90 Å². The fourth-order valence-corrected chi connectivity index (χ4v) is 8.58. The van der Waals surface area contributed by atoms with Crippen LogP contribution in [0.25, 0.3) is 0 Å². The molecule has 0 N–H and O–H groups in total. The predicted molar refractivity (Wildman–Crippen MR) is 109 cm³/mol. The minimum absolute atomic E-state index is 0.111. The van der Waals surface area contributed by atoms with Gasteiger partial charge in [0.25, 0.3) is 8.24 Å². The summed E-state index contributed by atoms with van der Waals surface area (Å²) in [7, 11) is -1.39. The summed E-state index contributed by atoms with van der Waals surface area (Å²) in [5.74, 6) is -0.147. The molecule has 4 nitrogen and oxygen atoms in total. The summed E-state index contributed by atoms with van der Waals surface area (Å²) in [6.45, 7) is 0.111. The van der Waals surface area contributed by atoms with Crippen LogP contribution in [0, 0.1) is 0 Å². The van der Waals surface area contributed by atoms with E-state index >= 15 is 0 Å². The molecular formula is C22H20N2O2Si. The Morgan fingerprint density at radius 2 is 1.04 bits per heavy atom. The molecule has 27 heavy (non-hydrogen) atoms. The fraction of sp³-hybridized carbons (Fsp3) is 0.0909. The van der Waals surface area contributed by atoms with E-state index in [1.807, 2.05) is 91.0 Å². The highest BCUT2D eigenvalue weighted by atomic mass is 28.3. The van der Waals surface area contributed by atoms with Gasteiger partial charge in [-0.3, -0.25) is 9.36 Å². The van der Waals surface area contributed by atoms with E-state index in [1.165, 1.54) is 4.90 Å². The Balaban J connectivity index is 2.11. The quantitative estimate of drug-likeness (QED) is 0.396. The Kier molecular flexibility index (Phi) is 4.37. The molecule has 0 aromatic heterocycles. The maximum absolute atomic E-state index is 13.1. The molecule has 134 valence electrons. The predicted octanol–water partition coefficient (Wildman–Crippen LogP) is 1.55. The third-order valence-corrected chi connectivity index (χ3v) is 9.67. The number of hydrogen-bond acceptors (Lipinski definition) is 2. The normalized spacial score (nSPS) is 14.7. The SMILES string of the molecule is CN1CC(=O)N([Si](c2ccccc2)(c2ccccc2)c2ccccc2)C1=O. The molecule has 1 aliphatic rings. The van der Waals surface area contributed by atoms with Gasteiger partial charge in [-0.1, -0.05) is 91.0 Å². The minimum Gasteiger partial charge on any atom is -0.319 e. The first-order valence-corrected chi connectivity index (χ1v) is 10.8. The van der Waals surface area contributed by atoms with Gasteiger partial charge in [-0.25, -0.2) is 4.79 Å². The van der Waals surface area contributed by atoms with E-state index in [1.54, 1.807) is 11.6 Å². The van der Waals surface area contributed by atoms with Crippen molar-refractivity contribution in [1.82, 2.24) is 9.47 Å². The molecule has 1 fully saturated rings. The molecule has 0 bridgehead atoms. The fourth-order valence-electron chi connectivity index (χ4n) is 3.87. The number of likely N-dealkylation sites (N-methyl/N-ethyl adjacent to an activating group) is 1. The first kappa shape index (κ1) is 17.2. The van der Waals surface area contributed by atoms with Gasteiger partial charge in [0.1, 0.15) is 6.54 Å². The largest absolute Gasteiger partial charge is 0.319 e. The molecule has 1 heterocycles. The van der Waals surface area contributed by atoms with E-state index in [0.29, 0.717) is 0 Å². The lowest BCUT2D eigenvalue weighted by Crippen LogP contribution is -2.78. The van der Waals surface area contributed by atoms with Gasteiger partial charge in [-0.2, -0.15) is 0 Å². The van der Waals surface area contributed by atoms with Crippen molar-refractivity contribution in [1.29, 1.82) is 0 Å². The Morgan fingerprint density at radius 1 is 0.667 bits per heavy atom. The first-order valence-electron chi connectivity index (χ1n) is 8.90. The first-order chi connectivity index (χ1) is 13.2. The summed E-state index contributed by atoms with van der Waals surface area (Å²) in [5, 5.41) is 3.04. The van der Waals surface area contributed by atoms with Crippen molar-refractivity contribution < 1.29 is 9.59 Å². The molecule has 3 aromatic carbocycles. The van der Waals surface area contributed by atoms with Crippen LogP contribution >= 0.6 is 0 Å². The number of hydrogen-bond donors (Lipinski definition) is 0. The van der Waals surface area contributed by atoms with Gasteiger partial charge in [-0.15, -0.1) is 0 Å². The Bertz CT molecular complexity index is 865. The van der Waals surface area contributed by atoms with Crippen molar-refractivity contribution >= 4 is 35.7 Å². The Morgan fingerprint density at radius 3 is 1.33 bits per heavy atom. The molecule has 1 aliphatic heterocycles. The summed E-state index contributed by atoms with van der Waals surface area (Å²) < 4.78 is 1.55. The Labute approximate surface area is 159 Å². The Hall–Kier alpha value is -3.18. The van der Waals surface area contributed by atoms with Gasteiger partial charge in [0, 0.05) is 7.05 Å². The summed E-state index contributed by atoms with van der Waals surface area (Å²) in [6.07, 6.45) is 0. The number of carbonyl (C=O) groups is 2. The minimum atomic E-state index is -3.07. The zero-order chi connectivity index (χ0) is 18.9. The third kappa shape index (κ3) is 2.67. The number of amides is 3. The van der Waals surface area contributed by atoms with Crippen LogP contribution in [0.3, 0.4) is 0 Å². The van der Waals surface area contributed by atoms with Crippen LogP contribution in [0.2, 0.25) is 0 Å². The number of rotatable bonds is 4. The monoisotopic (exact) mass is 372 g/mol. The van der Waals surface area contributed by atoms with Gasteiger partial charge in [0.2, 0.25) is 5.91 Å². The van der Waals surface area contributed by atoms with Crippen molar-refractivity contribution in [3.8, 4) is 0 Å². The van der Waals surface area contributed by atoms with Crippen LogP contribution in [0.5, 0.6) is 0 Å². The number of urea groups is 1. The molecular weight excluding hydrogens is 352 g/mol. The lowest BCUT2D eigenvalue weighted by atomic mass is 10.3. The van der Waals surface area contributed by atoms with Crippen LogP contribution in [0.1, 0.15) is 0 Å². The average molecular weight is 373 g/mol. The molecule has 4 rings (SSSR count). The van der Waals surface area contributed by atoms with Gasteiger partial charge >= 0.3 is 6.03 Å². The second kappa shape index (κ2) is 6.85. The van der Waals surface area contributed by atoms with Gasteiger partial charge in [-0.05, 0) is 15.6 Å². The van der Waals surface area contributed by atoms with Crippen molar-refractivity contribution in [2.24, 2.45) is 0 Å². The van der Waals surface area contributed by atoms with Gasteiger partial charge in [0.15, 0.2) is 0 Å². The van der Waals surface area contributed by atoms with Crippen LogP contribution in [-0.2, 0) is 4.79 Å². The number of nitrogens with zero attached hydrogens (tertiary/aromatic N) is 2. The maximum atomic E-state index is 13.1. The summed E-state index contributed by atoms with van der Waals surface area (Å²) in [5.41, 5.74) is 0. The van der Waals surface area contributed by atoms with Crippen LogP contribution in [-0.4, -0.2) is 43.2 Å². The van der Waals surface area contributed by atoms with E-state index < -0.39 is 8.24 Å². The van der Waals surface area contributed by atoms with E-state index in [2.05, 4.69) is 0 Å². The lowest BCUT2D eigenvalue weighted by molar-refractivity contribution is -0.122. The highest BCUT2D eigenvalue weighted by molar-refractivity contribution is 7.11. The van der Waals surface area contributed by atoms with Crippen molar-refractivity contribution in [3.05, 3.63) is 91.0 Å². The maximum Gasteiger partial charge on any atom is 0.319 e. The smallest absolute Gasteiger partial charge is 0.319 e. The molecule has 1 saturated heterocycles. The molecule has 0 aliphatic carbocycles. The molecule has 3 amide bonds. The molecule has 5 heteroatoms. The van der Waals surface area contributed by atoms with Crippen molar-refractivity contribution in [2.45, 2.75) is 0 Å². The molecule has 0 unspecified atom stereocenters. The standard InChI is InChI=1S/C22H20N2O2Si/c1-23-17-21(25)24(22(23)26)27(18-11-5-2-6-12-18,19-13-7-3-8-14-19)20-15-9-4-10-16-20/h2-16H,17H2,1H3. The topological polar surface area (TPSA) is 40.6 Å². The van der Waals surface area contributed by atoms with E-state index in [-0.39, 0.29) is 18.5 Å². The highest BCUT2D eigenvalue weighted by Crippen LogP contribution is 2.20. The summed E-state index contributed by atoms with van der Waals surface area (Å²) in [4.78, 5) is 27.7. The second-order valence-electron chi connectivity index (χ2n) is 6.68. The molecule has 0 saturated carbocycles. The zero-order valence-electron chi connectivity index (χ0n) is 15.1. The van der Waals surface area contributed by atoms with Crippen molar-refractivity contribution in [2.75, 3.05) is 13.6 Å². The molecule has 0 atom stereocenters. The highest BCUT2D eigenvalue weighted by Gasteiger charge is 2.54. The van der Waals surface area contributed by atoms with E-state index in [0.717, 1.165) is 15.6 Å². The molecule has 3 aromatic rings. The molecule has 0 spiro atoms. The summed E-state index contributed by atoms with van der Waals surface area (Å²) >= 11 is 0. The van der Waals surface area contributed by atoms with E-state index in [9.17, 15) is 9.59 Å². The second-order valence-corrected chi connectivity index (χ2v) is 10.3. The lowest BCUT2D eigenvalue weighted by Gasteiger charge is -2.39. The van der Waals surface area contributed by atoms with Crippen molar-refractivity contribution in [3.63, 3.8) is 0 Å². The molecule has 0 radical (unpaired) electrons. The number of carbonyl (C=O) groups excluding carboxylic acids is 2. The summed E-state index contributed by atoms with van der Waals surface area (Å²) in [6, 6.07) is 29.7. The average Bonchev–Trinajstić information content (AvgIpc) is 2.98. The zero-order valence-corrected chi connectivity index (χ0v) is 16.1.